The minimum Gasteiger partial charge on any atom is -0.481 e. The largest absolute Gasteiger partial charge is 0.481 e. The summed E-state index contributed by atoms with van der Waals surface area (Å²) in [4.78, 5) is 25.7. The van der Waals surface area contributed by atoms with Gasteiger partial charge in [-0.3, -0.25) is 4.79 Å². The number of hydrogen-bond acceptors (Lipinski definition) is 3. The van der Waals surface area contributed by atoms with Crippen molar-refractivity contribution >= 4 is 12.0 Å². The van der Waals surface area contributed by atoms with Crippen LogP contribution in [0.3, 0.4) is 0 Å². The van der Waals surface area contributed by atoms with Gasteiger partial charge in [0.1, 0.15) is 0 Å². The first-order valence-corrected chi connectivity index (χ1v) is 5.65. The van der Waals surface area contributed by atoms with E-state index in [9.17, 15) is 9.59 Å². The highest BCUT2D eigenvalue weighted by molar-refractivity contribution is 5.75. The maximum Gasteiger partial charge on any atom is 0.319 e. The molecule has 0 aliphatic heterocycles. The van der Waals surface area contributed by atoms with Crippen LogP contribution in [0.2, 0.25) is 0 Å². The van der Waals surface area contributed by atoms with Crippen LogP contribution in [-0.4, -0.2) is 67.3 Å². The molecule has 0 saturated carbocycles. The quantitative estimate of drug-likeness (QED) is 0.719. The summed E-state index contributed by atoms with van der Waals surface area (Å²) in [6, 6.07) is -0.169. The number of rotatable bonds is 7. The lowest BCUT2D eigenvalue weighted by molar-refractivity contribution is -0.141. The predicted octanol–water partition coefficient (Wildman–Crippen LogP) is 0.727. The Kier molecular flexibility index (Phi) is 7.29. The maximum atomic E-state index is 11.9. The third kappa shape index (κ3) is 5.53. The van der Waals surface area contributed by atoms with E-state index in [2.05, 4.69) is 0 Å². The van der Waals surface area contributed by atoms with Gasteiger partial charge < -0.3 is 19.6 Å². The Morgan fingerprint density at radius 2 is 2.00 bits per heavy atom. The Labute approximate surface area is 102 Å². The average molecular weight is 246 g/mol. The normalized spacial score (nSPS) is 12.0. The van der Waals surface area contributed by atoms with Crippen molar-refractivity contribution in [2.45, 2.75) is 13.8 Å². The van der Waals surface area contributed by atoms with Crippen LogP contribution in [0.15, 0.2) is 0 Å². The van der Waals surface area contributed by atoms with Crippen LogP contribution in [0.5, 0.6) is 0 Å². The number of nitrogens with zero attached hydrogens (tertiary/aromatic N) is 2. The van der Waals surface area contributed by atoms with E-state index >= 15 is 0 Å². The fourth-order valence-electron chi connectivity index (χ4n) is 1.32. The molecule has 0 spiro atoms. The molecule has 0 aromatic heterocycles. The van der Waals surface area contributed by atoms with Crippen molar-refractivity contribution < 1.29 is 19.4 Å². The monoisotopic (exact) mass is 246 g/mol. The Hall–Kier alpha value is -1.30. The first-order valence-electron chi connectivity index (χ1n) is 5.65. The second-order valence-electron chi connectivity index (χ2n) is 3.97. The van der Waals surface area contributed by atoms with E-state index in [0.29, 0.717) is 19.7 Å². The molecule has 0 radical (unpaired) electrons. The fourth-order valence-corrected chi connectivity index (χ4v) is 1.32. The molecular weight excluding hydrogens is 224 g/mol. The zero-order chi connectivity index (χ0) is 13.4. The first-order chi connectivity index (χ1) is 7.93. The molecule has 6 nitrogen and oxygen atoms in total. The molecular formula is C11H22N2O4. The number of carboxylic acid groups (broad SMARTS) is 1. The first kappa shape index (κ1) is 15.7. The highest BCUT2D eigenvalue weighted by atomic mass is 16.5. The molecule has 0 fully saturated rings. The molecule has 17 heavy (non-hydrogen) atoms. The molecule has 1 unspecified atom stereocenters. The van der Waals surface area contributed by atoms with E-state index in [4.69, 9.17) is 9.84 Å². The molecule has 1 N–H and O–H groups in total. The maximum absolute atomic E-state index is 11.9. The second-order valence-corrected chi connectivity index (χ2v) is 3.97. The number of carboxylic acids is 1. The number of likely N-dealkylation sites (N-methyl/N-ethyl adjacent to an activating group) is 1. The summed E-state index contributed by atoms with van der Waals surface area (Å²) in [5.74, 6) is -1.45. The van der Waals surface area contributed by atoms with Gasteiger partial charge in [-0.1, -0.05) is 6.92 Å². The molecule has 2 amide bonds. The van der Waals surface area contributed by atoms with Crippen LogP contribution in [0, 0.1) is 5.92 Å². The number of urea groups is 1. The molecule has 0 aromatic rings. The van der Waals surface area contributed by atoms with Crippen molar-refractivity contribution in [3.63, 3.8) is 0 Å². The summed E-state index contributed by atoms with van der Waals surface area (Å²) in [5, 5.41) is 8.82. The van der Waals surface area contributed by atoms with Gasteiger partial charge in [-0.15, -0.1) is 0 Å². The lowest BCUT2D eigenvalue weighted by atomic mass is 10.2. The van der Waals surface area contributed by atoms with E-state index in [1.807, 2.05) is 6.92 Å². The van der Waals surface area contributed by atoms with Crippen LogP contribution in [-0.2, 0) is 9.53 Å². The number of hydrogen-bond donors (Lipinski definition) is 1. The molecule has 0 bridgehead atoms. The molecule has 100 valence electrons. The molecule has 0 rings (SSSR count). The molecule has 0 saturated heterocycles. The van der Waals surface area contributed by atoms with E-state index in [0.717, 1.165) is 0 Å². The van der Waals surface area contributed by atoms with Gasteiger partial charge in [0.05, 0.1) is 12.5 Å². The molecule has 0 aliphatic rings. The van der Waals surface area contributed by atoms with Gasteiger partial charge in [0.2, 0.25) is 0 Å². The van der Waals surface area contributed by atoms with Gasteiger partial charge in [0, 0.05) is 33.8 Å². The van der Waals surface area contributed by atoms with Gasteiger partial charge in [0.15, 0.2) is 0 Å². The minimum atomic E-state index is -0.893. The van der Waals surface area contributed by atoms with Crippen molar-refractivity contribution in [1.29, 1.82) is 0 Å². The third-order valence-electron chi connectivity index (χ3n) is 2.53. The summed E-state index contributed by atoms with van der Waals surface area (Å²) in [6.45, 7) is 5.10. The topological polar surface area (TPSA) is 70.1 Å². The van der Waals surface area contributed by atoms with Gasteiger partial charge in [-0.05, 0) is 6.92 Å². The van der Waals surface area contributed by atoms with Crippen LogP contribution in [0.25, 0.3) is 0 Å². The Morgan fingerprint density at radius 1 is 1.41 bits per heavy atom. The number of ether oxygens (including phenoxy) is 1. The predicted molar refractivity (Wildman–Crippen MR) is 63.9 cm³/mol. The summed E-state index contributed by atoms with van der Waals surface area (Å²) in [6.07, 6.45) is 0. The third-order valence-corrected chi connectivity index (χ3v) is 2.53. The number of methoxy groups -OCH3 is 1. The molecule has 0 aromatic carbocycles. The standard InChI is InChI=1S/C11H22N2O4/c1-5-13(8-9(2)10(14)15)11(16)12(3)6-7-17-4/h9H,5-8H2,1-4H3,(H,14,15). The van der Waals surface area contributed by atoms with Gasteiger partial charge in [-0.2, -0.15) is 0 Å². The smallest absolute Gasteiger partial charge is 0.319 e. The number of aliphatic carboxylic acids is 1. The Morgan fingerprint density at radius 3 is 2.41 bits per heavy atom. The van der Waals surface area contributed by atoms with Crippen LogP contribution in [0.4, 0.5) is 4.79 Å². The lowest BCUT2D eigenvalue weighted by Gasteiger charge is -2.28. The highest BCUT2D eigenvalue weighted by Crippen LogP contribution is 2.03. The summed E-state index contributed by atoms with van der Waals surface area (Å²) in [7, 11) is 3.25. The number of carbonyl (C=O) groups excluding carboxylic acids is 1. The fraction of sp³-hybridized carbons (Fsp3) is 0.818. The van der Waals surface area contributed by atoms with Crippen molar-refractivity contribution in [3.05, 3.63) is 0 Å². The van der Waals surface area contributed by atoms with Gasteiger partial charge in [0.25, 0.3) is 0 Å². The van der Waals surface area contributed by atoms with Crippen LogP contribution >= 0.6 is 0 Å². The summed E-state index contributed by atoms with van der Waals surface area (Å²) in [5.41, 5.74) is 0. The van der Waals surface area contributed by atoms with Crippen molar-refractivity contribution in [3.8, 4) is 0 Å². The van der Waals surface area contributed by atoms with Gasteiger partial charge in [-0.25, -0.2) is 4.79 Å². The summed E-state index contributed by atoms with van der Waals surface area (Å²) < 4.78 is 4.89. The number of carbonyl (C=O) groups is 2. The van der Waals surface area contributed by atoms with Gasteiger partial charge >= 0.3 is 12.0 Å². The Bertz CT molecular complexity index is 258. The van der Waals surface area contributed by atoms with Crippen LogP contribution in [0.1, 0.15) is 13.8 Å². The SMILES string of the molecule is CCN(CC(C)C(=O)O)C(=O)N(C)CCOC. The highest BCUT2D eigenvalue weighted by Gasteiger charge is 2.21. The molecule has 1 atom stereocenters. The van der Waals surface area contributed by atoms with E-state index < -0.39 is 11.9 Å². The van der Waals surface area contributed by atoms with Crippen molar-refractivity contribution in [1.82, 2.24) is 9.80 Å². The molecule has 6 heteroatoms. The molecule has 0 heterocycles. The van der Waals surface area contributed by atoms with E-state index in [1.165, 1.54) is 9.80 Å². The average Bonchev–Trinajstić information content (AvgIpc) is 2.31. The van der Waals surface area contributed by atoms with E-state index in [-0.39, 0.29) is 12.6 Å². The zero-order valence-electron chi connectivity index (χ0n) is 11.0. The Balaban J connectivity index is 4.34. The van der Waals surface area contributed by atoms with E-state index in [1.54, 1.807) is 21.1 Å². The lowest BCUT2D eigenvalue weighted by Crippen LogP contribution is -2.45. The van der Waals surface area contributed by atoms with Crippen molar-refractivity contribution in [2.24, 2.45) is 5.92 Å². The molecule has 0 aliphatic carbocycles. The number of amides is 2. The second kappa shape index (κ2) is 7.89. The van der Waals surface area contributed by atoms with Crippen molar-refractivity contribution in [2.75, 3.05) is 40.4 Å². The van der Waals surface area contributed by atoms with Crippen LogP contribution < -0.4 is 0 Å². The minimum absolute atomic E-state index is 0.169. The zero-order valence-corrected chi connectivity index (χ0v) is 11.0. The summed E-state index contributed by atoms with van der Waals surface area (Å²) >= 11 is 0.